The van der Waals surface area contributed by atoms with Gasteiger partial charge in [-0.2, -0.15) is 0 Å². The molecule has 0 rings (SSSR count). The van der Waals surface area contributed by atoms with Gasteiger partial charge in [-0.25, -0.2) is 8.42 Å². The fourth-order valence-corrected chi connectivity index (χ4v) is 1.47. The summed E-state index contributed by atoms with van der Waals surface area (Å²) in [6, 6.07) is 0. The molecular weight excluding hydrogens is 294 g/mol. The molecule has 0 aromatic heterocycles. The molecule has 0 aromatic rings. The van der Waals surface area contributed by atoms with Crippen molar-refractivity contribution in [1.82, 2.24) is 0 Å². The maximum absolute atomic E-state index is 9.95. The molecule has 56 valence electrons. The molecule has 0 heterocycles. The zero-order valence-corrected chi connectivity index (χ0v) is 11.9. The fraction of sp³-hybridized carbons (Fsp3) is 1.00. The Hall–Kier alpha value is 2.28. The van der Waals surface area contributed by atoms with Crippen LogP contribution in [-0.4, -0.2) is 23.2 Å². The average Bonchev–Trinajstić information content (AvgIpc) is 1.63. The summed E-state index contributed by atoms with van der Waals surface area (Å²) < 4.78 is 30.8. The Morgan fingerprint density at radius 3 is 2.10 bits per heavy atom. The van der Waals surface area contributed by atoms with Crippen molar-refractivity contribution < 1.29 is 64.4 Å². The summed E-state index contributed by atoms with van der Waals surface area (Å²) >= 11 is 2.14. The Morgan fingerprint density at radius 2 is 1.80 bits per heavy atom. The SMILES string of the molecule is O=S(=O)([O-])CCCCI.[K+]. The second kappa shape index (κ2) is 7.90. The Labute approximate surface area is 118 Å². The topological polar surface area (TPSA) is 57.2 Å². The largest absolute Gasteiger partial charge is 1.00 e. The van der Waals surface area contributed by atoms with Gasteiger partial charge in [0.1, 0.15) is 0 Å². The quantitative estimate of drug-likeness (QED) is 0.194. The Morgan fingerprint density at radius 1 is 1.30 bits per heavy atom. The number of halogens is 1. The van der Waals surface area contributed by atoms with Gasteiger partial charge in [0.05, 0.1) is 10.1 Å². The predicted octanol–water partition coefficient (Wildman–Crippen LogP) is -2.25. The van der Waals surface area contributed by atoms with Gasteiger partial charge in [-0.1, -0.05) is 22.6 Å². The van der Waals surface area contributed by atoms with Crippen LogP contribution in [-0.2, 0) is 10.1 Å². The number of hydrogen-bond donors (Lipinski definition) is 0. The van der Waals surface area contributed by atoms with Crippen LogP contribution in [0, 0.1) is 0 Å². The molecule has 0 fully saturated rings. The minimum atomic E-state index is -3.95. The summed E-state index contributed by atoms with van der Waals surface area (Å²) in [5.74, 6) is -0.212. The zero-order chi connectivity index (χ0) is 7.33. The van der Waals surface area contributed by atoms with Crippen molar-refractivity contribution in [2.24, 2.45) is 0 Å². The molecule has 6 heteroatoms. The van der Waals surface area contributed by atoms with E-state index in [-0.39, 0.29) is 57.1 Å². The standard InChI is InChI=1S/C4H9IO3S.K/c5-3-1-2-4-9(6,7)8;/h1-4H2,(H,6,7,8);/q;+1/p-1. The summed E-state index contributed by atoms with van der Waals surface area (Å²) in [5.41, 5.74) is 0. The molecule has 0 unspecified atom stereocenters. The molecule has 0 saturated heterocycles. The van der Waals surface area contributed by atoms with E-state index in [9.17, 15) is 13.0 Å². The van der Waals surface area contributed by atoms with Crippen molar-refractivity contribution in [3.8, 4) is 0 Å². The zero-order valence-electron chi connectivity index (χ0n) is 5.84. The van der Waals surface area contributed by atoms with Gasteiger partial charge in [0.25, 0.3) is 0 Å². The molecular formula is C4H8IKO3S. The van der Waals surface area contributed by atoms with E-state index in [4.69, 9.17) is 0 Å². The number of unbranched alkanes of at least 4 members (excludes halogenated alkanes) is 1. The first-order valence-electron chi connectivity index (χ1n) is 2.56. The van der Waals surface area contributed by atoms with Gasteiger partial charge < -0.3 is 4.55 Å². The molecule has 0 atom stereocenters. The molecule has 0 aliphatic rings. The number of alkyl halides is 1. The monoisotopic (exact) mass is 302 g/mol. The minimum Gasteiger partial charge on any atom is -0.748 e. The maximum atomic E-state index is 9.95. The molecule has 0 N–H and O–H groups in total. The van der Waals surface area contributed by atoms with Crippen molar-refractivity contribution in [1.29, 1.82) is 0 Å². The van der Waals surface area contributed by atoms with Crippen molar-refractivity contribution in [3.63, 3.8) is 0 Å². The van der Waals surface area contributed by atoms with Crippen molar-refractivity contribution >= 4 is 32.7 Å². The van der Waals surface area contributed by atoms with E-state index < -0.39 is 10.1 Å². The third-order valence-corrected chi connectivity index (χ3v) is 2.33. The van der Waals surface area contributed by atoms with Crippen molar-refractivity contribution in [2.45, 2.75) is 12.8 Å². The summed E-state index contributed by atoms with van der Waals surface area (Å²) in [6.07, 6.45) is 1.30. The summed E-state index contributed by atoms with van der Waals surface area (Å²) in [4.78, 5) is 0. The summed E-state index contributed by atoms with van der Waals surface area (Å²) in [6.45, 7) is 0. The second-order valence-corrected chi connectivity index (χ2v) is 4.26. The third-order valence-electron chi connectivity index (χ3n) is 0.778. The van der Waals surface area contributed by atoms with Gasteiger partial charge in [0.2, 0.25) is 0 Å². The average molecular weight is 302 g/mol. The van der Waals surface area contributed by atoms with Crippen LogP contribution >= 0.6 is 22.6 Å². The molecule has 3 nitrogen and oxygen atoms in total. The number of rotatable bonds is 4. The smallest absolute Gasteiger partial charge is 0.748 e. The Kier molecular flexibility index (Phi) is 11.7. The molecule has 0 aliphatic heterocycles. The first kappa shape index (κ1) is 14.8. The van der Waals surface area contributed by atoms with Crippen LogP contribution in [0.4, 0.5) is 0 Å². The van der Waals surface area contributed by atoms with Crippen LogP contribution in [0.25, 0.3) is 0 Å². The van der Waals surface area contributed by atoms with Crippen molar-refractivity contribution in [2.75, 3.05) is 10.2 Å². The summed E-state index contributed by atoms with van der Waals surface area (Å²) in [5, 5.41) is 0. The molecule has 0 radical (unpaired) electrons. The Bertz CT molecular complexity index is 156. The minimum absolute atomic E-state index is 0. The van der Waals surface area contributed by atoms with Gasteiger partial charge >= 0.3 is 51.4 Å². The first-order chi connectivity index (χ1) is 4.06. The van der Waals surface area contributed by atoms with Crippen LogP contribution < -0.4 is 51.4 Å². The van der Waals surface area contributed by atoms with E-state index in [1.165, 1.54) is 0 Å². The molecule has 0 aromatic carbocycles. The molecule has 0 amide bonds. The van der Waals surface area contributed by atoms with Gasteiger partial charge in [-0.3, -0.25) is 0 Å². The van der Waals surface area contributed by atoms with Gasteiger partial charge in [-0.15, -0.1) is 0 Å². The van der Waals surface area contributed by atoms with E-state index in [1.54, 1.807) is 0 Å². The van der Waals surface area contributed by atoms with Crippen LogP contribution in [0.2, 0.25) is 0 Å². The first-order valence-corrected chi connectivity index (χ1v) is 5.66. The molecule has 0 aliphatic carbocycles. The van der Waals surface area contributed by atoms with Crippen LogP contribution in [0.1, 0.15) is 12.8 Å². The molecule has 0 saturated carbocycles. The van der Waals surface area contributed by atoms with E-state index in [2.05, 4.69) is 22.6 Å². The second-order valence-electron chi connectivity index (χ2n) is 1.66. The van der Waals surface area contributed by atoms with Crippen LogP contribution in [0.3, 0.4) is 0 Å². The van der Waals surface area contributed by atoms with E-state index in [0.29, 0.717) is 6.42 Å². The van der Waals surface area contributed by atoms with E-state index in [0.717, 1.165) is 10.8 Å². The molecule has 0 bridgehead atoms. The van der Waals surface area contributed by atoms with Crippen LogP contribution in [0.5, 0.6) is 0 Å². The summed E-state index contributed by atoms with van der Waals surface area (Å²) in [7, 11) is -3.95. The normalized spacial score (nSPS) is 10.6. The fourth-order valence-electron chi connectivity index (χ4n) is 0.373. The maximum Gasteiger partial charge on any atom is 1.00 e. The van der Waals surface area contributed by atoms with E-state index >= 15 is 0 Å². The number of hydrogen-bond acceptors (Lipinski definition) is 3. The third kappa shape index (κ3) is 12.9. The van der Waals surface area contributed by atoms with Gasteiger partial charge in [0, 0.05) is 5.75 Å². The van der Waals surface area contributed by atoms with Crippen LogP contribution in [0.15, 0.2) is 0 Å². The van der Waals surface area contributed by atoms with Gasteiger partial charge in [-0.05, 0) is 17.3 Å². The Balaban J connectivity index is 0. The van der Waals surface area contributed by atoms with Gasteiger partial charge in [0.15, 0.2) is 0 Å². The van der Waals surface area contributed by atoms with Crippen molar-refractivity contribution in [3.05, 3.63) is 0 Å². The molecule has 0 spiro atoms. The molecule has 10 heavy (non-hydrogen) atoms. The van der Waals surface area contributed by atoms with E-state index in [1.807, 2.05) is 0 Å². The predicted molar refractivity (Wildman–Crippen MR) is 42.7 cm³/mol.